The van der Waals surface area contributed by atoms with Crippen molar-refractivity contribution in [1.29, 1.82) is 0 Å². The van der Waals surface area contributed by atoms with Gasteiger partial charge in [-0.25, -0.2) is 9.07 Å². The summed E-state index contributed by atoms with van der Waals surface area (Å²) in [6.07, 6.45) is 4.86. The van der Waals surface area contributed by atoms with Gasteiger partial charge in [0.25, 0.3) is 0 Å². The van der Waals surface area contributed by atoms with E-state index in [-0.39, 0.29) is 35.9 Å². The highest BCUT2D eigenvalue weighted by Crippen LogP contribution is 2.18. The van der Waals surface area contributed by atoms with Crippen molar-refractivity contribution in [3.05, 3.63) is 78.4 Å². The minimum Gasteiger partial charge on any atom is -0.490 e. The van der Waals surface area contributed by atoms with Crippen LogP contribution in [-0.4, -0.2) is 53.4 Å². The molecule has 1 N–H and O–H groups in total. The van der Waals surface area contributed by atoms with Crippen LogP contribution in [0.3, 0.4) is 0 Å². The van der Waals surface area contributed by atoms with E-state index in [1.54, 1.807) is 16.8 Å². The summed E-state index contributed by atoms with van der Waals surface area (Å²) in [6.45, 7) is 2.57. The molecule has 2 aromatic carbocycles. The largest absolute Gasteiger partial charge is 0.490 e. The highest BCUT2D eigenvalue weighted by Gasteiger charge is 2.22. The van der Waals surface area contributed by atoms with Gasteiger partial charge in [0.1, 0.15) is 17.7 Å². The summed E-state index contributed by atoms with van der Waals surface area (Å²) < 4.78 is 20.9. The zero-order chi connectivity index (χ0) is 21.5. The van der Waals surface area contributed by atoms with Crippen LogP contribution < -0.4 is 10.1 Å². The number of para-hydroxylation sites is 1. The molecule has 6 nitrogen and oxygen atoms in total. The second-order valence-electron chi connectivity index (χ2n) is 7.57. The van der Waals surface area contributed by atoms with Gasteiger partial charge in [0.05, 0.1) is 11.4 Å². The van der Waals surface area contributed by atoms with Crippen molar-refractivity contribution < 1.29 is 9.13 Å². The Kier molecular flexibility index (Phi) is 8.90. The summed E-state index contributed by atoms with van der Waals surface area (Å²) in [4.78, 5) is 6.72. The van der Waals surface area contributed by atoms with Crippen LogP contribution in [0.15, 0.2) is 71.9 Å². The van der Waals surface area contributed by atoms with E-state index in [4.69, 9.17) is 4.74 Å². The molecular weight excluding hydrogens is 520 g/mol. The van der Waals surface area contributed by atoms with Gasteiger partial charge >= 0.3 is 0 Å². The van der Waals surface area contributed by atoms with E-state index >= 15 is 0 Å². The Bertz CT molecular complexity index is 985. The lowest BCUT2D eigenvalue weighted by Gasteiger charge is -2.34. The first-order valence-corrected chi connectivity index (χ1v) is 10.7. The number of aliphatic imine (C=N–C) groups is 1. The number of hydrogen-bond acceptors (Lipinski definition) is 3. The third-order valence-corrected chi connectivity index (χ3v) is 5.40. The molecule has 0 amide bonds. The van der Waals surface area contributed by atoms with Crippen molar-refractivity contribution in [3.63, 3.8) is 0 Å². The number of rotatable bonds is 6. The first-order chi connectivity index (χ1) is 15.2. The van der Waals surface area contributed by atoms with E-state index in [1.165, 1.54) is 12.1 Å². The third kappa shape index (κ3) is 6.44. The van der Waals surface area contributed by atoms with Gasteiger partial charge in [0.15, 0.2) is 5.96 Å². The van der Waals surface area contributed by atoms with Crippen LogP contribution >= 0.6 is 24.0 Å². The van der Waals surface area contributed by atoms with E-state index < -0.39 is 0 Å². The Hall–Kier alpha value is -2.62. The molecule has 0 spiro atoms. The van der Waals surface area contributed by atoms with E-state index in [0.29, 0.717) is 0 Å². The minimum atomic E-state index is -0.248. The Balaban J connectivity index is 0.00000289. The van der Waals surface area contributed by atoms with E-state index in [0.717, 1.165) is 62.0 Å². The zero-order valence-electron chi connectivity index (χ0n) is 18.2. The molecule has 170 valence electrons. The lowest BCUT2D eigenvalue weighted by molar-refractivity contribution is 0.129. The van der Waals surface area contributed by atoms with Gasteiger partial charge < -0.3 is 15.0 Å². The molecule has 32 heavy (non-hydrogen) atoms. The average Bonchev–Trinajstić information content (AvgIpc) is 3.28. The summed E-state index contributed by atoms with van der Waals surface area (Å²) in [5.41, 5.74) is 1.82. The minimum absolute atomic E-state index is 0. The van der Waals surface area contributed by atoms with Crippen molar-refractivity contribution in [2.24, 2.45) is 4.99 Å². The van der Waals surface area contributed by atoms with Gasteiger partial charge in [0.2, 0.25) is 0 Å². The molecule has 0 atom stereocenters. The maximum atomic E-state index is 13.1. The molecule has 0 radical (unpaired) electrons. The number of nitrogens with one attached hydrogen (secondary N) is 1. The van der Waals surface area contributed by atoms with Crippen molar-refractivity contribution >= 4 is 29.9 Å². The normalized spacial score (nSPS) is 14.7. The molecule has 1 fully saturated rings. The fraction of sp³-hybridized carbons (Fsp3) is 0.333. The maximum Gasteiger partial charge on any atom is 0.193 e. The maximum absolute atomic E-state index is 13.1. The van der Waals surface area contributed by atoms with Crippen LogP contribution in [0.25, 0.3) is 5.69 Å². The molecule has 0 unspecified atom stereocenters. The number of piperidine rings is 1. The first-order valence-electron chi connectivity index (χ1n) is 10.7. The van der Waals surface area contributed by atoms with Gasteiger partial charge in [0, 0.05) is 52.1 Å². The zero-order valence-corrected chi connectivity index (χ0v) is 20.5. The fourth-order valence-corrected chi connectivity index (χ4v) is 3.74. The number of likely N-dealkylation sites (tertiary alicyclic amines) is 1. The van der Waals surface area contributed by atoms with Gasteiger partial charge in [-0.1, -0.05) is 18.2 Å². The van der Waals surface area contributed by atoms with Gasteiger partial charge in [-0.15, -0.1) is 24.0 Å². The molecule has 4 rings (SSSR count). The number of hydrogen-bond donors (Lipinski definition) is 1. The summed E-state index contributed by atoms with van der Waals surface area (Å²) in [6, 6.07) is 18.3. The van der Waals surface area contributed by atoms with Crippen LogP contribution in [0.2, 0.25) is 0 Å². The van der Waals surface area contributed by atoms with Crippen LogP contribution in [-0.2, 0) is 6.42 Å². The molecule has 1 saturated heterocycles. The monoisotopic (exact) mass is 549 g/mol. The number of aromatic nitrogens is 2. The van der Waals surface area contributed by atoms with Crippen LogP contribution in [0.5, 0.6) is 5.75 Å². The number of guanidine groups is 1. The third-order valence-electron chi connectivity index (χ3n) is 5.40. The molecule has 1 aliphatic heterocycles. The Morgan fingerprint density at radius 1 is 1.09 bits per heavy atom. The quantitative estimate of drug-likeness (QED) is 0.283. The van der Waals surface area contributed by atoms with Crippen LogP contribution in [0, 0.1) is 5.82 Å². The van der Waals surface area contributed by atoms with Crippen molar-refractivity contribution in [1.82, 2.24) is 20.0 Å². The fourth-order valence-electron chi connectivity index (χ4n) is 3.74. The predicted molar refractivity (Wildman–Crippen MR) is 136 cm³/mol. The molecule has 0 saturated carbocycles. The van der Waals surface area contributed by atoms with Gasteiger partial charge in [-0.2, -0.15) is 5.10 Å². The molecule has 1 aliphatic rings. The highest BCUT2D eigenvalue weighted by atomic mass is 127. The summed E-state index contributed by atoms with van der Waals surface area (Å²) in [7, 11) is 1.82. The first kappa shape index (κ1) is 24.0. The second-order valence-corrected chi connectivity index (χ2v) is 7.57. The number of ether oxygens (including phenoxy) is 1. The Labute approximate surface area is 205 Å². The molecular formula is C24H29FIN5O. The molecule has 2 heterocycles. The highest BCUT2D eigenvalue weighted by molar-refractivity contribution is 14.0. The number of benzene rings is 2. The SMILES string of the molecule is CN=C(NCCc1ccn(-c2ccc(F)cc2)n1)N1CCC(Oc2ccccc2)CC1.I. The second kappa shape index (κ2) is 11.8. The standard InChI is InChI=1S/C24H28FN5O.HI/c1-26-24(29-16-13-23(14-17-29)31-22-5-3-2-4-6-22)27-15-11-20-12-18-30(28-20)21-9-7-19(25)8-10-21;/h2-10,12,18,23H,11,13-17H2,1H3,(H,26,27);1H. The molecule has 8 heteroatoms. The topological polar surface area (TPSA) is 54.7 Å². The summed E-state index contributed by atoms with van der Waals surface area (Å²) >= 11 is 0. The lowest BCUT2D eigenvalue weighted by atomic mass is 10.1. The lowest BCUT2D eigenvalue weighted by Crippen LogP contribution is -2.47. The van der Waals surface area contributed by atoms with Crippen molar-refractivity contribution in [2.75, 3.05) is 26.7 Å². The summed E-state index contributed by atoms with van der Waals surface area (Å²) in [5.74, 6) is 1.60. The Morgan fingerprint density at radius 3 is 2.50 bits per heavy atom. The van der Waals surface area contributed by atoms with Crippen molar-refractivity contribution in [3.8, 4) is 11.4 Å². The molecule has 0 aliphatic carbocycles. The molecule has 3 aromatic rings. The predicted octanol–water partition coefficient (Wildman–Crippen LogP) is 4.29. The smallest absolute Gasteiger partial charge is 0.193 e. The molecule has 1 aromatic heterocycles. The van der Waals surface area contributed by atoms with E-state index in [9.17, 15) is 4.39 Å². The van der Waals surface area contributed by atoms with E-state index in [1.807, 2.05) is 49.6 Å². The van der Waals surface area contributed by atoms with Crippen LogP contribution in [0.1, 0.15) is 18.5 Å². The number of nitrogens with zero attached hydrogens (tertiary/aromatic N) is 4. The van der Waals surface area contributed by atoms with Gasteiger partial charge in [-0.05, 0) is 42.5 Å². The van der Waals surface area contributed by atoms with Crippen molar-refractivity contribution in [2.45, 2.75) is 25.4 Å². The van der Waals surface area contributed by atoms with E-state index in [2.05, 4.69) is 20.3 Å². The number of halogens is 2. The average molecular weight is 549 g/mol. The van der Waals surface area contributed by atoms with Crippen LogP contribution in [0.4, 0.5) is 4.39 Å². The Morgan fingerprint density at radius 2 is 1.81 bits per heavy atom. The summed E-state index contributed by atoms with van der Waals surface area (Å²) in [5, 5.41) is 8.02. The van der Waals surface area contributed by atoms with Gasteiger partial charge in [-0.3, -0.25) is 4.99 Å². The molecule has 0 bridgehead atoms.